The summed E-state index contributed by atoms with van der Waals surface area (Å²) in [5.74, 6) is -0.232. The topological polar surface area (TPSA) is 50.7 Å². The van der Waals surface area contributed by atoms with E-state index in [2.05, 4.69) is 26.5 Å². The van der Waals surface area contributed by atoms with Gasteiger partial charge < -0.3 is 4.74 Å². The van der Waals surface area contributed by atoms with Crippen molar-refractivity contribution in [1.82, 2.24) is 5.43 Å². The molecule has 0 bridgehead atoms. The van der Waals surface area contributed by atoms with E-state index in [-0.39, 0.29) is 6.61 Å². The van der Waals surface area contributed by atoms with Gasteiger partial charge in [-0.15, -0.1) is 0 Å². The van der Waals surface area contributed by atoms with E-state index in [4.69, 9.17) is 4.74 Å². The molecule has 1 amide bonds. The van der Waals surface area contributed by atoms with Gasteiger partial charge >= 0.3 is 0 Å². The van der Waals surface area contributed by atoms with E-state index in [1.165, 1.54) is 12.3 Å². The van der Waals surface area contributed by atoms with E-state index in [1.54, 1.807) is 24.3 Å². The van der Waals surface area contributed by atoms with Crippen LogP contribution in [0.15, 0.2) is 52.0 Å². The standard InChI is InChI=1S/C16H14BrFN2O2/c1-11-8-13(6-7-14(11)17)22-10-16(21)20-19-9-12-4-2-3-5-15(12)18/h2-9H,10H2,1H3,(H,20,21)/b19-9+. The Morgan fingerprint density at radius 3 is 2.86 bits per heavy atom. The first-order valence-electron chi connectivity index (χ1n) is 6.51. The molecule has 2 aromatic carbocycles. The van der Waals surface area contributed by atoms with E-state index < -0.39 is 11.7 Å². The number of amides is 1. The Morgan fingerprint density at radius 2 is 2.14 bits per heavy atom. The zero-order chi connectivity index (χ0) is 15.9. The van der Waals surface area contributed by atoms with Gasteiger partial charge in [-0.1, -0.05) is 34.1 Å². The van der Waals surface area contributed by atoms with Crippen molar-refractivity contribution in [3.05, 3.63) is 63.9 Å². The molecule has 0 heterocycles. The van der Waals surface area contributed by atoms with Gasteiger partial charge in [0.15, 0.2) is 6.61 Å². The lowest BCUT2D eigenvalue weighted by atomic mass is 10.2. The fourth-order valence-corrected chi connectivity index (χ4v) is 1.89. The molecule has 114 valence electrons. The van der Waals surface area contributed by atoms with Crippen LogP contribution in [0.4, 0.5) is 4.39 Å². The number of carbonyl (C=O) groups is 1. The van der Waals surface area contributed by atoms with Gasteiger partial charge in [-0.25, -0.2) is 9.82 Å². The molecule has 0 aliphatic heterocycles. The van der Waals surface area contributed by atoms with Crippen molar-refractivity contribution in [2.24, 2.45) is 5.10 Å². The highest BCUT2D eigenvalue weighted by Crippen LogP contribution is 2.21. The molecule has 0 radical (unpaired) electrons. The minimum absolute atomic E-state index is 0.171. The van der Waals surface area contributed by atoms with Crippen LogP contribution in [0.5, 0.6) is 5.75 Å². The molecule has 0 unspecified atom stereocenters. The number of hydrogen-bond donors (Lipinski definition) is 1. The Morgan fingerprint density at radius 1 is 1.36 bits per heavy atom. The molecule has 4 nitrogen and oxygen atoms in total. The van der Waals surface area contributed by atoms with Crippen molar-refractivity contribution in [1.29, 1.82) is 0 Å². The van der Waals surface area contributed by atoms with Crippen molar-refractivity contribution < 1.29 is 13.9 Å². The van der Waals surface area contributed by atoms with Gasteiger partial charge in [0.2, 0.25) is 0 Å². The Hall–Kier alpha value is -2.21. The number of carbonyl (C=O) groups excluding carboxylic acids is 1. The van der Waals surface area contributed by atoms with E-state index in [0.717, 1.165) is 10.0 Å². The summed E-state index contributed by atoms with van der Waals surface area (Å²) >= 11 is 3.39. The van der Waals surface area contributed by atoms with Gasteiger partial charge in [-0.2, -0.15) is 5.10 Å². The zero-order valence-corrected chi connectivity index (χ0v) is 13.4. The number of aryl methyl sites for hydroxylation is 1. The minimum atomic E-state index is -0.423. The van der Waals surface area contributed by atoms with Gasteiger partial charge in [0.05, 0.1) is 6.21 Å². The second kappa shape index (κ2) is 7.70. The second-order valence-corrected chi connectivity index (χ2v) is 5.37. The van der Waals surface area contributed by atoms with Crippen LogP contribution in [-0.4, -0.2) is 18.7 Å². The maximum absolute atomic E-state index is 13.3. The fraction of sp³-hybridized carbons (Fsp3) is 0.125. The van der Waals surface area contributed by atoms with Crippen LogP contribution < -0.4 is 10.2 Å². The number of hydrazone groups is 1. The van der Waals surface area contributed by atoms with E-state index >= 15 is 0 Å². The predicted octanol–water partition coefficient (Wildman–Crippen LogP) is 3.43. The van der Waals surface area contributed by atoms with Gasteiger partial charge in [0.25, 0.3) is 5.91 Å². The molecular weight excluding hydrogens is 351 g/mol. The zero-order valence-electron chi connectivity index (χ0n) is 11.8. The first kappa shape index (κ1) is 16.2. The number of benzene rings is 2. The highest BCUT2D eigenvalue weighted by molar-refractivity contribution is 9.10. The van der Waals surface area contributed by atoms with Crippen LogP contribution in [0.1, 0.15) is 11.1 Å². The number of nitrogens with zero attached hydrogens (tertiary/aromatic N) is 1. The van der Waals surface area contributed by atoms with Crippen LogP contribution in [-0.2, 0) is 4.79 Å². The van der Waals surface area contributed by atoms with Crippen LogP contribution in [0, 0.1) is 12.7 Å². The quantitative estimate of drug-likeness (QED) is 0.652. The molecule has 2 aromatic rings. The Bertz CT molecular complexity index is 704. The van der Waals surface area contributed by atoms with Crippen LogP contribution >= 0.6 is 15.9 Å². The summed E-state index contributed by atoms with van der Waals surface area (Å²) in [7, 11) is 0. The largest absolute Gasteiger partial charge is 0.484 e. The molecule has 0 atom stereocenters. The van der Waals surface area contributed by atoms with Gasteiger partial charge in [0, 0.05) is 10.0 Å². The Balaban J connectivity index is 1.83. The van der Waals surface area contributed by atoms with Gasteiger partial charge in [-0.3, -0.25) is 4.79 Å². The number of nitrogens with one attached hydrogen (secondary N) is 1. The summed E-state index contributed by atoms with van der Waals surface area (Å²) in [6, 6.07) is 11.6. The predicted molar refractivity (Wildman–Crippen MR) is 86.5 cm³/mol. The Labute approximate surface area is 136 Å². The third kappa shape index (κ3) is 4.66. The summed E-state index contributed by atoms with van der Waals surface area (Å²) in [4.78, 5) is 11.6. The van der Waals surface area contributed by atoms with Gasteiger partial charge in [-0.05, 0) is 36.8 Å². The molecule has 0 aliphatic rings. The van der Waals surface area contributed by atoms with Crippen molar-refractivity contribution in [2.45, 2.75) is 6.92 Å². The maximum atomic E-state index is 13.3. The summed E-state index contributed by atoms with van der Waals surface area (Å²) < 4.78 is 19.6. The lowest BCUT2D eigenvalue weighted by Gasteiger charge is -2.06. The number of halogens is 2. The molecule has 1 N–H and O–H groups in total. The van der Waals surface area contributed by atoms with Crippen molar-refractivity contribution in [3.63, 3.8) is 0 Å². The van der Waals surface area contributed by atoms with E-state index in [0.29, 0.717) is 11.3 Å². The molecule has 0 aliphatic carbocycles. The SMILES string of the molecule is Cc1cc(OCC(=O)N/N=C/c2ccccc2F)ccc1Br. The number of ether oxygens (including phenoxy) is 1. The van der Waals surface area contributed by atoms with Crippen LogP contribution in [0.3, 0.4) is 0 Å². The molecule has 0 spiro atoms. The van der Waals surface area contributed by atoms with Gasteiger partial charge in [0.1, 0.15) is 11.6 Å². The second-order valence-electron chi connectivity index (χ2n) is 4.51. The Kier molecular flexibility index (Phi) is 5.66. The normalized spacial score (nSPS) is 10.7. The molecule has 0 fully saturated rings. The lowest BCUT2D eigenvalue weighted by molar-refractivity contribution is -0.123. The molecular formula is C16H14BrFN2O2. The van der Waals surface area contributed by atoms with Crippen molar-refractivity contribution >= 4 is 28.1 Å². The molecule has 2 rings (SSSR count). The summed E-state index contributed by atoms with van der Waals surface area (Å²) in [5.41, 5.74) is 3.59. The number of hydrogen-bond acceptors (Lipinski definition) is 3. The van der Waals surface area contributed by atoms with E-state index in [9.17, 15) is 9.18 Å². The average Bonchev–Trinajstić information content (AvgIpc) is 2.50. The van der Waals surface area contributed by atoms with E-state index in [1.807, 2.05) is 19.1 Å². The summed E-state index contributed by atoms with van der Waals surface area (Å²) in [5, 5.41) is 3.69. The molecule has 22 heavy (non-hydrogen) atoms. The third-order valence-electron chi connectivity index (χ3n) is 2.80. The smallest absolute Gasteiger partial charge is 0.277 e. The average molecular weight is 365 g/mol. The number of rotatable bonds is 5. The van der Waals surface area contributed by atoms with Crippen LogP contribution in [0.2, 0.25) is 0 Å². The highest BCUT2D eigenvalue weighted by atomic mass is 79.9. The monoisotopic (exact) mass is 364 g/mol. The van der Waals surface area contributed by atoms with Crippen LogP contribution in [0.25, 0.3) is 0 Å². The lowest BCUT2D eigenvalue weighted by Crippen LogP contribution is -2.24. The molecule has 6 heteroatoms. The molecule has 0 saturated carbocycles. The third-order valence-corrected chi connectivity index (χ3v) is 3.69. The fourth-order valence-electron chi connectivity index (χ4n) is 1.64. The highest BCUT2D eigenvalue weighted by Gasteiger charge is 2.03. The maximum Gasteiger partial charge on any atom is 0.277 e. The first-order valence-corrected chi connectivity index (χ1v) is 7.31. The summed E-state index contributed by atoms with van der Waals surface area (Å²) in [6.07, 6.45) is 1.25. The molecule has 0 saturated heterocycles. The minimum Gasteiger partial charge on any atom is -0.484 e. The van der Waals surface area contributed by atoms with Crippen molar-refractivity contribution in [3.8, 4) is 5.75 Å². The summed E-state index contributed by atoms with van der Waals surface area (Å²) in [6.45, 7) is 1.76. The molecule has 0 aromatic heterocycles. The first-order chi connectivity index (χ1) is 10.6. The van der Waals surface area contributed by atoms with Crippen molar-refractivity contribution in [2.75, 3.05) is 6.61 Å².